The molecule has 4 unspecified atom stereocenters. The van der Waals surface area contributed by atoms with Gasteiger partial charge in [0, 0.05) is 33.9 Å². The fourth-order valence-electron chi connectivity index (χ4n) is 5.78. The van der Waals surface area contributed by atoms with Crippen LogP contribution >= 0.6 is 0 Å². The molecule has 8 N–H and O–H groups in total. The summed E-state index contributed by atoms with van der Waals surface area (Å²) in [6.07, 6.45) is 1.29. The van der Waals surface area contributed by atoms with Gasteiger partial charge in [0.2, 0.25) is 0 Å². The van der Waals surface area contributed by atoms with E-state index in [1.807, 2.05) is 48.5 Å². The minimum Gasteiger partial charge on any atom is -0.399 e. The van der Waals surface area contributed by atoms with Crippen molar-refractivity contribution < 1.29 is 33.4 Å². The third kappa shape index (κ3) is 7.82. The zero-order valence-electron chi connectivity index (χ0n) is 25.3. The zero-order chi connectivity index (χ0) is 33.7. The molecule has 47 heavy (non-hydrogen) atoms. The molecule has 7 rings (SSSR count). The highest BCUT2D eigenvalue weighted by molar-refractivity contribution is 6.09. The number of carbonyl (C=O) groups is 5. The van der Waals surface area contributed by atoms with Crippen molar-refractivity contribution in [3.63, 3.8) is 0 Å². The summed E-state index contributed by atoms with van der Waals surface area (Å²) in [5.41, 5.74) is 28.9. The van der Waals surface area contributed by atoms with E-state index in [1.54, 1.807) is 48.5 Å². The summed E-state index contributed by atoms with van der Waals surface area (Å²) in [6.45, 7) is 0. The van der Waals surface area contributed by atoms with Gasteiger partial charge in [-0.15, -0.1) is 0 Å². The van der Waals surface area contributed by atoms with Gasteiger partial charge in [-0.1, -0.05) is 48.5 Å². The average molecular weight is 635 g/mol. The van der Waals surface area contributed by atoms with Crippen LogP contribution in [0.3, 0.4) is 0 Å². The Morgan fingerprint density at radius 2 is 0.851 bits per heavy atom. The van der Waals surface area contributed by atoms with Crippen LogP contribution in [0.25, 0.3) is 0 Å². The van der Waals surface area contributed by atoms with Gasteiger partial charge in [-0.25, -0.2) is 0 Å². The fraction of sp³-hybridized carbons (Fsp3) is 0.194. The number of rotatable bonds is 4. The molecule has 11 heteroatoms. The molecule has 240 valence electrons. The lowest BCUT2D eigenvalue weighted by atomic mass is 9.70. The minimum absolute atomic E-state index is 0.0698. The lowest BCUT2D eigenvalue weighted by Gasteiger charge is -2.25. The average Bonchev–Trinajstić information content (AvgIpc) is 3.50. The third-order valence-corrected chi connectivity index (χ3v) is 8.27. The highest BCUT2D eigenvalue weighted by atomic mass is 16.6. The molecule has 2 saturated heterocycles. The Balaban J connectivity index is 0.000000138. The standard InChI is InChI=1S/C13H12N2O.C13H14N2.C10H8O6/c14-11-5-1-3-9(7-11)13(16)10-4-2-6-12(15)8-10;14-12-5-1-10(2-6-12)9-11-3-7-13(15)8-4-11;11-7-3-1-4-6(10(14)16-8(4)12)2-5(3)9(13)15-7/h1-8H,14-15H2;1-8H,9,14-15H2;3-6H,1-2H2. The van der Waals surface area contributed by atoms with Crippen molar-refractivity contribution in [2.45, 2.75) is 19.3 Å². The number of esters is 4. The summed E-state index contributed by atoms with van der Waals surface area (Å²) in [4.78, 5) is 57.3. The van der Waals surface area contributed by atoms with E-state index >= 15 is 0 Å². The molecule has 1 aliphatic carbocycles. The van der Waals surface area contributed by atoms with Gasteiger partial charge in [-0.05, 0) is 78.9 Å². The van der Waals surface area contributed by atoms with Gasteiger partial charge < -0.3 is 32.4 Å². The molecule has 0 aromatic heterocycles. The van der Waals surface area contributed by atoms with Gasteiger partial charge in [-0.3, -0.25) is 24.0 Å². The molecular formula is C36H34N4O7. The number of hydrogen-bond donors (Lipinski definition) is 4. The first-order chi connectivity index (χ1) is 22.5. The van der Waals surface area contributed by atoms with Crippen LogP contribution in [-0.4, -0.2) is 29.7 Å². The van der Waals surface area contributed by atoms with Crippen molar-refractivity contribution in [1.82, 2.24) is 0 Å². The number of anilines is 4. The number of ether oxygens (including phenoxy) is 2. The van der Waals surface area contributed by atoms with Crippen molar-refractivity contribution in [2.24, 2.45) is 23.7 Å². The van der Waals surface area contributed by atoms with Crippen molar-refractivity contribution in [3.8, 4) is 0 Å². The molecule has 2 aliphatic heterocycles. The summed E-state index contributed by atoms with van der Waals surface area (Å²) in [5, 5.41) is 0. The number of ketones is 1. The Morgan fingerprint density at radius 1 is 0.511 bits per heavy atom. The topological polar surface area (TPSA) is 208 Å². The monoisotopic (exact) mass is 634 g/mol. The number of nitrogens with two attached hydrogens (primary N) is 4. The van der Waals surface area contributed by atoms with Crippen LogP contribution in [0, 0.1) is 23.7 Å². The number of carbonyl (C=O) groups excluding carboxylic acids is 5. The molecule has 1 saturated carbocycles. The van der Waals surface area contributed by atoms with E-state index < -0.39 is 47.5 Å². The smallest absolute Gasteiger partial charge is 0.317 e. The normalized spacial score (nSPS) is 20.8. The third-order valence-electron chi connectivity index (χ3n) is 8.27. The van der Waals surface area contributed by atoms with Crippen LogP contribution in [-0.2, 0) is 35.1 Å². The summed E-state index contributed by atoms with van der Waals surface area (Å²) in [5.74, 6) is -4.71. The zero-order valence-corrected chi connectivity index (χ0v) is 25.3. The molecule has 3 fully saturated rings. The molecule has 4 aromatic carbocycles. The second-order valence-electron chi connectivity index (χ2n) is 11.6. The van der Waals surface area contributed by atoms with E-state index in [4.69, 9.17) is 22.9 Å². The van der Waals surface area contributed by atoms with E-state index in [0.717, 1.165) is 17.8 Å². The number of benzene rings is 4. The summed E-state index contributed by atoms with van der Waals surface area (Å²) in [6, 6.07) is 29.7. The predicted molar refractivity (Wildman–Crippen MR) is 175 cm³/mol. The number of fused-ring (bicyclic) bond motifs is 2. The number of cyclic esters (lactones) is 4. The largest absolute Gasteiger partial charge is 0.399 e. The van der Waals surface area contributed by atoms with Crippen molar-refractivity contribution in [1.29, 1.82) is 0 Å². The number of hydrogen-bond acceptors (Lipinski definition) is 11. The molecule has 0 bridgehead atoms. The maximum Gasteiger partial charge on any atom is 0.317 e. The van der Waals surface area contributed by atoms with E-state index in [2.05, 4.69) is 9.47 Å². The van der Waals surface area contributed by atoms with Gasteiger partial charge >= 0.3 is 23.9 Å². The van der Waals surface area contributed by atoms with Crippen LogP contribution in [0.15, 0.2) is 97.1 Å². The summed E-state index contributed by atoms with van der Waals surface area (Å²) < 4.78 is 9.01. The maximum absolute atomic E-state index is 12.0. The van der Waals surface area contributed by atoms with Crippen molar-refractivity contribution in [2.75, 3.05) is 22.9 Å². The Labute approximate surface area is 270 Å². The SMILES string of the molecule is Nc1ccc(Cc2ccc(N)cc2)cc1.Nc1cccc(C(=O)c2cccc(N)c2)c1.O=C1OC(=O)C2CC3C(=O)OC(=O)C3CC12. The van der Waals surface area contributed by atoms with E-state index in [1.165, 1.54) is 11.1 Å². The summed E-state index contributed by atoms with van der Waals surface area (Å²) in [7, 11) is 0. The lowest BCUT2D eigenvalue weighted by Crippen LogP contribution is -2.35. The van der Waals surface area contributed by atoms with Gasteiger partial charge in [0.05, 0.1) is 23.7 Å². The van der Waals surface area contributed by atoms with Crippen molar-refractivity contribution in [3.05, 3.63) is 119 Å². The second kappa shape index (κ2) is 14.0. The Morgan fingerprint density at radius 3 is 1.17 bits per heavy atom. The quantitative estimate of drug-likeness (QED) is 0.109. The summed E-state index contributed by atoms with van der Waals surface area (Å²) >= 11 is 0. The van der Waals surface area contributed by atoms with E-state index in [9.17, 15) is 24.0 Å². The highest BCUT2D eigenvalue weighted by Gasteiger charge is 2.57. The van der Waals surface area contributed by atoms with Crippen LogP contribution in [0.1, 0.15) is 39.9 Å². The Hall–Kier alpha value is -5.97. The molecular weight excluding hydrogens is 600 g/mol. The first-order valence-electron chi connectivity index (χ1n) is 14.9. The van der Waals surface area contributed by atoms with Crippen LogP contribution < -0.4 is 22.9 Å². The molecule has 4 aromatic rings. The first-order valence-corrected chi connectivity index (χ1v) is 14.9. The molecule has 0 amide bonds. The lowest BCUT2D eigenvalue weighted by molar-refractivity contribution is -0.154. The van der Waals surface area contributed by atoms with E-state index in [0.29, 0.717) is 22.5 Å². The second-order valence-corrected chi connectivity index (χ2v) is 11.6. The van der Waals surface area contributed by atoms with Crippen LogP contribution in [0.4, 0.5) is 22.7 Å². The Kier molecular flexibility index (Phi) is 9.65. The fourth-order valence-corrected chi connectivity index (χ4v) is 5.78. The molecule has 11 nitrogen and oxygen atoms in total. The highest BCUT2D eigenvalue weighted by Crippen LogP contribution is 2.46. The van der Waals surface area contributed by atoms with Gasteiger partial charge in [0.15, 0.2) is 5.78 Å². The van der Waals surface area contributed by atoms with Crippen LogP contribution in [0.2, 0.25) is 0 Å². The maximum atomic E-state index is 12.0. The molecule has 0 radical (unpaired) electrons. The minimum atomic E-state index is -0.583. The van der Waals surface area contributed by atoms with Crippen LogP contribution in [0.5, 0.6) is 0 Å². The van der Waals surface area contributed by atoms with E-state index in [-0.39, 0.29) is 18.6 Å². The molecule has 3 aliphatic rings. The molecule has 0 spiro atoms. The van der Waals surface area contributed by atoms with Crippen molar-refractivity contribution >= 4 is 52.4 Å². The van der Waals surface area contributed by atoms with Gasteiger partial charge in [0.1, 0.15) is 0 Å². The first kappa shape index (κ1) is 32.4. The predicted octanol–water partition coefficient (Wildman–Crippen LogP) is 3.94. The Bertz CT molecular complexity index is 1660. The van der Waals surface area contributed by atoms with Gasteiger partial charge in [-0.2, -0.15) is 0 Å². The molecule has 4 atom stereocenters. The van der Waals surface area contributed by atoms with Gasteiger partial charge in [0.25, 0.3) is 0 Å². The number of nitrogen functional groups attached to an aromatic ring is 4. The molecule has 2 heterocycles.